The summed E-state index contributed by atoms with van der Waals surface area (Å²) in [6, 6.07) is 6.83. The smallest absolute Gasteiger partial charge is 0.406 e. The number of alkyl halides is 1. The molecule has 2 rings (SSSR count). The summed E-state index contributed by atoms with van der Waals surface area (Å²) >= 11 is 3.20. The molecule has 0 bridgehead atoms. The van der Waals surface area contributed by atoms with Crippen LogP contribution in [0, 0.1) is 5.21 Å². The molecule has 0 amide bonds. The van der Waals surface area contributed by atoms with Crippen LogP contribution >= 0.6 is 15.9 Å². The van der Waals surface area contributed by atoms with E-state index in [2.05, 4.69) is 25.7 Å². The maximum Gasteiger partial charge on any atom is 0.406 e. The average molecular weight is 297 g/mol. The van der Waals surface area contributed by atoms with Crippen LogP contribution in [0.1, 0.15) is 16.2 Å². The minimum absolute atomic E-state index is 0.0805. The van der Waals surface area contributed by atoms with Crippen LogP contribution in [0.5, 0.6) is 0 Å². The molecule has 0 radical (unpaired) electrons. The Bertz CT molecular complexity index is 586. The van der Waals surface area contributed by atoms with Gasteiger partial charge in [0.1, 0.15) is 11.2 Å². The van der Waals surface area contributed by atoms with Crippen molar-refractivity contribution in [3.8, 4) is 0 Å². The molecule has 1 aromatic heterocycles. The van der Waals surface area contributed by atoms with Gasteiger partial charge < -0.3 is 9.94 Å². The van der Waals surface area contributed by atoms with Crippen molar-refractivity contribution < 1.29 is 14.3 Å². The van der Waals surface area contributed by atoms with Gasteiger partial charge in [0.15, 0.2) is 0 Å². The second-order valence-electron chi connectivity index (χ2n) is 3.32. The standard InChI is InChI=1S/C11H9BrN2O3/c1-17-11(15)10-8(6-12)13-7-4-2-3-5-9(7)14(10)16/h2-5H,6H2,1H3. The fourth-order valence-corrected chi connectivity index (χ4v) is 1.95. The van der Waals surface area contributed by atoms with Crippen LogP contribution in [0.15, 0.2) is 24.3 Å². The Morgan fingerprint density at radius 1 is 1.53 bits per heavy atom. The number of methoxy groups -OCH3 is 1. The highest BCUT2D eigenvalue weighted by atomic mass is 79.9. The Balaban J connectivity index is 2.81. The quantitative estimate of drug-likeness (QED) is 0.365. The number of hydrogen-bond acceptors (Lipinski definition) is 4. The second kappa shape index (κ2) is 4.67. The van der Waals surface area contributed by atoms with Crippen molar-refractivity contribution in [1.29, 1.82) is 0 Å². The van der Waals surface area contributed by atoms with Crippen molar-refractivity contribution in [2.75, 3.05) is 7.11 Å². The van der Waals surface area contributed by atoms with Gasteiger partial charge in [-0.1, -0.05) is 28.1 Å². The summed E-state index contributed by atoms with van der Waals surface area (Å²) in [6.45, 7) is 0. The number of nitrogens with zero attached hydrogens (tertiary/aromatic N) is 2. The number of ether oxygens (including phenoxy) is 1. The molecule has 1 heterocycles. The van der Waals surface area contributed by atoms with E-state index in [1.807, 2.05) is 0 Å². The zero-order chi connectivity index (χ0) is 12.4. The summed E-state index contributed by atoms with van der Waals surface area (Å²) in [5.41, 5.74) is 1.18. The molecule has 0 spiro atoms. The average Bonchev–Trinajstić information content (AvgIpc) is 2.37. The Morgan fingerprint density at radius 3 is 2.88 bits per heavy atom. The summed E-state index contributed by atoms with van der Waals surface area (Å²) < 4.78 is 5.15. The molecule has 0 saturated heterocycles. The summed E-state index contributed by atoms with van der Waals surface area (Å²) in [6.07, 6.45) is 0. The zero-order valence-corrected chi connectivity index (χ0v) is 10.6. The van der Waals surface area contributed by atoms with Crippen molar-refractivity contribution in [3.05, 3.63) is 40.9 Å². The number of halogens is 1. The van der Waals surface area contributed by atoms with E-state index in [1.54, 1.807) is 24.3 Å². The van der Waals surface area contributed by atoms with E-state index in [-0.39, 0.29) is 5.69 Å². The summed E-state index contributed by atoms with van der Waals surface area (Å²) in [5, 5.41) is 12.4. The Labute approximate surface area is 106 Å². The number of esters is 1. The van der Waals surface area contributed by atoms with E-state index >= 15 is 0 Å². The van der Waals surface area contributed by atoms with Gasteiger partial charge in [0.05, 0.1) is 12.4 Å². The van der Waals surface area contributed by atoms with Gasteiger partial charge in [0.25, 0.3) is 0 Å². The second-order valence-corrected chi connectivity index (χ2v) is 3.88. The minimum Gasteiger partial charge on any atom is -0.618 e. The fraction of sp³-hybridized carbons (Fsp3) is 0.182. The van der Waals surface area contributed by atoms with Crippen LogP contribution in [-0.4, -0.2) is 18.1 Å². The van der Waals surface area contributed by atoms with E-state index < -0.39 is 5.97 Å². The van der Waals surface area contributed by atoms with Gasteiger partial charge >= 0.3 is 11.7 Å². The van der Waals surface area contributed by atoms with E-state index in [1.165, 1.54) is 7.11 Å². The number of hydrogen-bond donors (Lipinski definition) is 0. The van der Waals surface area contributed by atoms with Crippen molar-refractivity contribution >= 4 is 32.9 Å². The first-order valence-corrected chi connectivity index (χ1v) is 5.96. The lowest BCUT2D eigenvalue weighted by Crippen LogP contribution is -2.38. The Morgan fingerprint density at radius 2 is 2.24 bits per heavy atom. The highest BCUT2D eigenvalue weighted by Crippen LogP contribution is 2.14. The lowest BCUT2D eigenvalue weighted by molar-refractivity contribution is -0.581. The van der Waals surface area contributed by atoms with Gasteiger partial charge in [-0.25, -0.2) is 9.78 Å². The highest BCUT2D eigenvalue weighted by molar-refractivity contribution is 9.08. The minimum atomic E-state index is -0.687. The number of carbonyl (C=O) groups is 1. The van der Waals surface area contributed by atoms with Crippen LogP contribution < -0.4 is 4.73 Å². The molecular weight excluding hydrogens is 288 g/mol. The van der Waals surface area contributed by atoms with Crippen LogP contribution in [0.3, 0.4) is 0 Å². The lowest BCUT2D eigenvalue weighted by atomic mass is 10.2. The van der Waals surface area contributed by atoms with Gasteiger partial charge in [-0.05, 0) is 6.07 Å². The molecule has 0 unspecified atom stereocenters. The maximum atomic E-state index is 12.1. The fourth-order valence-electron chi connectivity index (χ4n) is 1.56. The van der Waals surface area contributed by atoms with Gasteiger partial charge in [-0.15, -0.1) is 0 Å². The molecule has 17 heavy (non-hydrogen) atoms. The Hall–Kier alpha value is -1.69. The molecule has 0 fully saturated rings. The first-order valence-electron chi connectivity index (χ1n) is 4.84. The van der Waals surface area contributed by atoms with Crippen LogP contribution in [0.2, 0.25) is 0 Å². The van der Waals surface area contributed by atoms with E-state index in [0.29, 0.717) is 26.8 Å². The van der Waals surface area contributed by atoms with E-state index in [4.69, 9.17) is 0 Å². The molecule has 5 nitrogen and oxygen atoms in total. The molecule has 1 aromatic carbocycles. The third-order valence-corrected chi connectivity index (χ3v) is 2.87. The van der Waals surface area contributed by atoms with Gasteiger partial charge in [0.2, 0.25) is 5.52 Å². The SMILES string of the molecule is COC(=O)c1c(CBr)nc2ccccc2[n+]1[O-]. The van der Waals surface area contributed by atoms with E-state index in [9.17, 15) is 10.0 Å². The first kappa shape index (κ1) is 11.8. The largest absolute Gasteiger partial charge is 0.618 e. The van der Waals surface area contributed by atoms with E-state index in [0.717, 1.165) is 0 Å². The van der Waals surface area contributed by atoms with Gasteiger partial charge in [0, 0.05) is 6.07 Å². The Kier molecular flexibility index (Phi) is 3.23. The molecule has 0 aliphatic carbocycles. The number of para-hydroxylation sites is 2. The van der Waals surface area contributed by atoms with Crippen molar-refractivity contribution in [3.63, 3.8) is 0 Å². The van der Waals surface area contributed by atoms with Crippen molar-refractivity contribution in [1.82, 2.24) is 4.98 Å². The van der Waals surface area contributed by atoms with Crippen LogP contribution in [0.4, 0.5) is 0 Å². The van der Waals surface area contributed by atoms with Gasteiger partial charge in [-0.2, -0.15) is 4.73 Å². The number of aromatic nitrogens is 2. The van der Waals surface area contributed by atoms with Crippen LogP contribution in [-0.2, 0) is 10.1 Å². The number of rotatable bonds is 2. The molecule has 0 saturated carbocycles. The maximum absolute atomic E-state index is 12.1. The zero-order valence-electron chi connectivity index (χ0n) is 9.01. The summed E-state index contributed by atoms with van der Waals surface area (Å²) in [7, 11) is 1.23. The molecule has 0 atom stereocenters. The number of benzene rings is 1. The molecule has 2 aromatic rings. The van der Waals surface area contributed by atoms with Crippen LogP contribution in [0.25, 0.3) is 11.0 Å². The van der Waals surface area contributed by atoms with Crippen molar-refractivity contribution in [2.24, 2.45) is 0 Å². The summed E-state index contributed by atoms with van der Waals surface area (Å²) in [5.74, 6) is -0.687. The topological polar surface area (TPSA) is 66.1 Å². The first-order chi connectivity index (χ1) is 8.19. The predicted octanol–water partition coefficient (Wildman–Crippen LogP) is 1.55. The third-order valence-electron chi connectivity index (χ3n) is 2.34. The normalized spacial score (nSPS) is 10.5. The third kappa shape index (κ3) is 1.95. The monoisotopic (exact) mass is 296 g/mol. The molecular formula is C11H9BrN2O3. The molecule has 0 N–H and O–H groups in total. The highest BCUT2D eigenvalue weighted by Gasteiger charge is 2.25. The number of carbonyl (C=O) groups excluding carboxylic acids is 1. The molecule has 0 aliphatic heterocycles. The predicted molar refractivity (Wildman–Crippen MR) is 64.7 cm³/mol. The number of fused-ring (bicyclic) bond motifs is 1. The molecule has 6 heteroatoms. The lowest BCUT2D eigenvalue weighted by Gasteiger charge is -2.08. The molecule has 0 aliphatic rings. The van der Waals surface area contributed by atoms with Crippen molar-refractivity contribution in [2.45, 2.75) is 5.33 Å². The summed E-state index contributed by atoms with van der Waals surface area (Å²) in [4.78, 5) is 15.8. The molecule has 88 valence electrons. The van der Waals surface area contributed by atoms with Gasteiger partial charge in [-0.3, -0.25) is 0 Å².